The SMILES string of the molecule is CCCCC(O)C(O)(CCCC)CCCC. The minimum absolute atomic E-state index is 0.537. The quantitative estimate of drug-likeness (QED) is 0.601. The molecule has 0 aliphatic carbocycles. The average Bonchev–Trinajstić information content (AvgIpc) is 2.30. The predicted molar refractivity (Wildman–Crippen MR) is 69.5 cm³/mol. The van der Waals surface area contributed by atoms with Crippen molar-refractivity contribution in [1.29, 1.82) is 0 Å². The van der Waals surface area contributed by atoms with Gasteiger partial charge in [0.15, 0.2) is 0 Å². The second kappa shape index (κ2) is 9.00. The Morgan fingerprint density at radius 3 is 1.69 bits per heavy atom. The number of aliphatic hydroxyl groups excluding tert-OH is 1. The van der Waals surface area contributed by atoms with Gasteiger partial charge in [0, 0.05) is 0 Å². The van der Waals surface area contributed by atoms with Crippen molar-refractivity contribution in [2.24, 2.45) is 0 Å². The first-order chi connectivity index (χ1) is 7.60. The second-order valence-corrected chi connectivity index (χ2v) is 4.97. The third kappa shape index (κ3) is 5.86. The van der Waals surface area contributed by atoms with Gasteiger partial charge in [0.2, 0.25) is 0 Å². The van der Waals surface area contributed by atoms with E-state index in [4.69, 9.17) is 0 Å². The summed E-state index contributed by atoms with van der Waals surface area (Å²) in [6.45, 7) is 6.36. The van der Waals surface area contributed by atoms with Gasteiger partial charge in [-0.1, -0.05) is 59.3 Å². The van der Waals surface area contributed by atoms with E-state index in [1.807, 2.05) is 0 Å². The predicted octanol–water partition coefficient (Wildman–Crippen LogP) is 3.65. The fourth-order valence-corrected chi connectivity index (χ4v) is 2.09. The van der Waals surface area contributed by atoms with E-state index >= 15 is 0 Å². The zero-order valence-corrected chi connectivity index (χ0v) is 11.3. The monoisotopic (exact) mass is 230 g/mol. The summed E-state index contributed by atoms with van der Waals surface area (Å²) in [5, 5.41) is 20.6. The highest BCUT2D eigenvalue weighted by atomic mass is 16.3. The van der Waals surface area contributed by atoms with Crippen LogP contribution in [-0.2, 0) is 0 Å². The molecule has 2 N–H and O–H groups in total. The van der Waals surface area contributed by atoms with Gasteiger partial charge < -0.3 is 10.2 Å². The molecule has 0 aromatic carbocycles. The molecule has 0 spiro atoms. The van der Waals surface area contributed by atoms with Crippen LogP contribution in [0.2, 0.25) is 0 Å². The second-order valence-electron chi connectivity index (χ2n) is 4.97. The Bertz CT molecular complexity index is 149. The summed E-state index contributed by atoms with van der Waals surface area (Å²) in [4.78, 5) is 0. The molecule has 1 atom stereocenters. The summed E-state index contributed by atoms with van der Waals surface area (Å²) in [7, 11) is 0. The molecular weight excluding hydrogens is 200 g/mol. The van der Waals surface area contributed by atoms with Gasteiger partial charge in [-0.05, 0) is 19.3 Å². The summed E-state index contributed by atoms with van der Waals surface area (Å²) >= 11 is 0. The Morgan fingerprint density at radius 2 is 1.31 bits per heavy atom. The lowest BCUT2D eigenvalue weighted by molar-refractivity contribution is -0.0914. The maximum absolute atomic E-state index is 10.5. The van der Waals surface area contributed by atoms with Crippen LogP contribution in [0.5, 0.6) is 0 Å². The van der Waals surface area contributed by atoms with Crippen molar-refractivity contribution in [3.05, 3.63) is 0 Å². The maximum Gasteiger partial charge on any atom is 0.0905 e. The van der Waals surface area contributed by atoms with E-state index in [9.17, 15) is 10.2 Å². The van der Waals surface area contributed by atoms with Crippen molar-refractivity contribution in [3.63, 3.8) is 0 Å². The summed E-state index contributed by atoms with van der Waals surface area (Å²) in [6, 6.07) is 0. The van der Waals surface area contributed by atoms with Crippen LogP contribution < -0.4 is 0 Å². The molecule has 2 heteroatoms. The Morgan fingerprint density at radius 1 is 0.875 bits per heavy atom. The van der Waals surface area contributed by atoms with Crippen molar-refractivity contribution < 1.29 is 10.2 Å². The van der Waals surface area contributed by atoms with Crippen LogP contribution in [0.3, 0.4) is 0 Å². The van der Waals surface area contributed by atoms with Crippen LogP contribution in [-0.4, -0.2) is 21.9 Å². The Balaban J connectivity index is 4.24. The number of aliphatic hydroxyl groups is 2. The summed E-state index contributed by atoms with van der Waals surface area (Å²) in [5.41, 5.74) is -0.832. The van der Waals surface area contributed by atoms with E-state index in [2.05, 4.69) is 20.8 Å². The van der Waals surface area contributed by atoms with Gasteiger partial charge in [-0.25, -0.2) is 0 Å². The Hall–Kier alpha value is -0.0800. The van der Waals surface area contributed by atoms with Crippen molar-refractivity contribution in [1.82, 2.24) is 0 Å². The first-order valence-corrected chi connectivity index (χ1v) is 7.01. The van der Waals surface area contributed by atoms with Crippen LogP contribution in [0.4, 0.5) is 0 Å². The largest absolute Gasteiger partial charge is 0.390 e. The highest BCUT2D eigenvalue weighted by molar-refractivity contribution is 4.86. The summed E-state index contributed by atoms with van der Waals surface area (Å²) in [5.74, 6) is 0. The lowest BCUT2D eigenvalue weighted by Gasteiger charge is -2.33. The molecule has 1 unspecified atom stereocenters. The van der Waals surface area contributed by atoms with Gasteiger partial charge in [0.05, 0.1) is 11.7 Å². The highest BCUT2D eigenvalue weighted by Crippen LogP contribution is 2.28. The summed E-state index contributed by atoms with van der Waals surface area (Å²) < 4.78 is 0. The molecule has 0 aliphatic rings. The van der Waals surface area contributed by atoms with E-state index < -0.39 is 11.7 Å². The number of hydrogen-bond donors (Lipinski definition) is 2. The van der Waals surface area contributed by atoms with E-state index in [-0.39, 0.29) is 0 Å². The van der Waals surface area contributed by atoms with Crippen LogP contribution in [0.1, 0.15) is 78.6 Å². The molecule has 0 aromatic rings. The molecule has 2 nitrogen and oxygen atoms in total. The fourth-order valence-electron chi connectivity index (χ4n) is 2.09. The van der Waals surface area contributed by atoms with Crippen molar-refractivity contribution in [3.8, 4) is 0 Å². The van der Waals surface area contributed by atoms with E-state index in [0.29, 0.717) is 0 Å². The minimum Gasteiger partial charge on any atom is -0.390 e. The normalized spacial score (nSPS) is 14.1. The standard InChI is InChI=1S/C14H30O2/c1-4-7-10-13(15)14(16,11-8-5-2)12-9-6-3/h13,15-16H,4-12H2,1-3H3. The van der Waals surface area contributed by atoms with Crippen molar-refractivity contribution in [2.45, 2.75) is 90.3 Å². The molecule has 0 amide bonds. The minimum atomic E-state index is -0.832. The molecule has 0 saturated carbocycles. The molecule has 16 heavy (non-hydrogen) atoms. The van der Waals surface area contributed by atoms with Gasteiger partial charge in [-0.2, -0.15) is 0 Å². The average molecular weight is 230 g/mol. The number of unbranched alkanes of at least 4 members (excludes halogenated alkanes) is 3. The Labute approximate surface area is 101 Å². The molecule has 0 aliphatic heterocycles. The number of rotatable bonds is 10. The van der Waals surface area contributed by atoms with Gasteiger partial charge in [0.1, 0.15) is 0 Å². The van der Waals surface area contributed by atoms with Crippen LogP contribution in [0.15, 0.2) is 0 Å². The van der Waals surface area contributed by atoms with Crippen molar-refractivity contribution >= 4 is 0 Å². The molecule has 0 aromatic heterocycles. The lowest BCUT2D eigenvalue weighted by Crippen LogP contribution is -2.42. The van der Waals surface area contributed by atoms with Crippen LogP contribution >= 0.6 is 0 Å². The zero-order valence-electron chi connectivity index (χ0n) is 11.3. The highest BCUT2D eigenvalue weighted by Gasteiger charge is 2.33. The topological polar surface area (TPSA) is 40.5 Å². The molecule has 0 saturated heterocycles. The Kier molecular flexibility index (Phi) is 8.96. The van der Waals surface area contributed by atoms with Gasteiger partial charge in [0.25, 0.3) is 0 Å². The van der Waals surface area contributed by atoms with E-state index in [1.54, 1.807) is 0 Å². The van der Waals surface area contributed by atoms with Crippen LogP contribution in [0.25, 0.3) is 0 Å². The maximum atomic E-state index is 10.5. The molecular formula is C14H30O2. The third-order valence-electron chi connectivity index (χ3n) is 3.38. The molecule has 0 bridgehead atoms. The molecule has 0 rings (SSSR count). The first-order valence-electron chi connectivity index (χ1n) is 7.01. The van der Waals surface area contributed by atoms with Gasteiger partial charge in [-0.15, -0.1) is 0 Å². The van der Waals surface area contributed by atoms with Gasteiger partial charge >= 0.3 is 0 Å². The molecule has 0 fully saturated rings. The first kappa shape index (κ1) is 15.9. The van der Waals surface area contributed by atoms with Crippen molar-refractivity contribution in [2.75, 3.05) is 0 Å². The number of hydrogen-bond acceptors (Lipinski definition) is 2. The fraction of sp³-hybridized carbons (Fsp3) is 1.00. The molecule has 0 radical (unpaired) electrons. The summed E-state index contributed by atoms with van der Waals surface area (Å²) in [6.07, 6.45) is 7.93. The van der Waals surface area contributed by atoms with E-state index in [1.165, 1.54) is 0 Å². The molecule has 98 valence electrons. The van der Waals surface area contributed by atoms with Gasteiger partial charge in [-0.3, -0.25) is 0 Å². The third-order valence-corrected chi connectivity index (χ3v) is 3.38. The molecule has 0 heterocycles. The van der Waals surface area contributed by atoms with E-state index in [0.717, 1.165) is 57.8 Å². The zero-order chi connectivity index (χ0) is 12.4. The van der Waals surface area contributed by atoms with Crippen LogP contribution in [0, 0.1) is 0 Å². The smallest absolute Gasteiger partial charge is 0.0905 e. The lowest BCUT2D eigenvalue weighted by atomic mass is 9.83.